The molecule has 0 N–H and O–H groups in total. The Labute approximate surface area is 163 Å². The Morgan fingerprint density at radius 1 is 0.885 bits per heavy atom. The average molecular weight is 365 g/mol. The molecule has 0 aliphatic heterocycles. The number of hydrogen-bond donors (Lipinski definition) is 0. The lowest BCUT2D eigenvalue weighted by Crippen LogP contribution is -2.24. The number of rotatable bonds is 12. The molecule has 1 rings (SSSR count). The monoisotopic (exact) mass is 364 g/mol. The number of unbranched alkanes of at least 4 members (excludes halogenated alkanes) is 2. The van der Waals surface area contributed by atoms with Crippen molar-refractivity contribution in [1.82, 2.24) is 0 Å². The molecule has 1 aromatic carbocycles. The lowest BCUT2D eigenvalue weighted by molar-refractivity contribution is 0.0339. The summed E-state index contributed by atoms with van der Waals surface area (Å²) in [6.45, 7) is 15.2. The average Bonchev–Trinajstić information content (AvgIpc) is 2.68. The van der Waals surface area contributed by atoms with Gasteiger partial charge >= 0.3 is 0 Å². The second kappa shape index (κ2) is 15.1. The maximum Gasteiger partial charge on any atom is 0.122 e. The summed E-state index contributed by atoms with van der Waals surface area (Å²) in [7, 11) is 1.73. The molecular weight excluding hydrogens is 320 g/mol. The quantitative estimate of drug-likeness (QED) is 0.360. The first kappa shape index (κ1) is 25.0. The smallest absolute Gasteiger partial charge is 0.122 e. The van der Waals surface area contributed by atoms with Crippen LogP contribution >= 0.6 is 0 Å². The molecule has 2 heteroatoms. The fraction of sp³-hybridized carbons (Fsp3) is 0.750. The van der Waals surface area contributed by atoms with Crippen LogP contribution in [0.4, 0.5) is 0 Å². The Bertz CT molecular complexity index is 441. The van der Waals surface area contributed by atoms with E-state index < -0.39 is 0 Å². The molecule has 0 amide bonds. The zero-order valence-corrected chi connectivity index (χ0v) is 18.6. The second-order valence-electron chi connectivity index (χ2n) is 7.37. The first-order chi connectivity index (χ1) is 12.5. The van der Waals surface area contributed by atoms with E-state index >= 15 is 0 Å². The van der Waals surface area contributed by atoms with Crippen LogP contribution in [0, 0.1) is 12.3 Å². The van der Waals surface area contributed by atoms with Gasteiger partial charge in [-0.2, -0.15) is 0 Å². The summed E-state index contributed by atoms with van der Waals surface area (Å²) in [5.74, 6) is 1.01. The summed E-state index contributed by atoms with van der Waals surface area (Å²) in [5.41, 5.74) is 3.04. The number of ether oxygens (including phenoxy) is 2. The van der Waals surface area contributed by atoms with Gasteiger partial charge in [-0.15, -0.1) is 0 Å². The van der Waals surface area contributed by atoms with Crippen LogP contribution in [0.3, 0.4) is 0 Å². The summed E-state index contributed by atoms with van der Waals surface area (Å²) in [4.78, 5) is 0. The minimum atomic E-state index is 0.452. The van der Waals surface area contributed by atoms with Crippen molar-refractivity contribution in [1.29, 1.82) is 0 Å². The zero-order valence-electron chi connectivity index (χ0n) is 18.6. The van der Waals surface area contributed by atoms with Gasteiger partial charge in [-0.25, -0.2) is 0 Å². The molecule has 0 aromatic heterocycles. The summed E-state index contributed by atoms with van der Waals surface area (Å²) < 4.78 is 11.0. The fourth-order valence-corrected chi connectivity index (χ4v) is 2.99. The molecule has 0 bridgehead atoms. The topological polar surface area (TPSA) is 18.5 Å². The van der Waals surface area contributed by atoms with Gasteiger partial charge in [0, 0.05) is 6.61 Å². The highest BCUT2D eigenvalue weighted by Gasteiger charge is 2.23. The molecule has 152 valence electrons. The lowest BCUT2D eigenvalue weighted by Gasteiger charge is -2.30. The van der Waals surface area contributed by atoms with Crippen molar-refractivity contribution in [3.63, 3.8) is 0 Å². The maximum absolute atomic E-state index is 5.71. The summed E-state index contributed by atoms with van der Waals surface area (Å²) in [5, 5.41) is 0. The van der Waals surface area contributed by atoms with E-state index in [9.17, 15) is 0 Å². The molecule has 0 spiro atoms. The molecule has 0 unspecified atom stereocenters. The molecule has 0 aliphatic carbocycles. The summed E-state index contributed by atoms with van der Waals surface area (Å²) in [6, 6.07) is 6.46. The lowest BCUT2D eigenvalue weighted by atomic mass is 9.81. The van der Waals surface area contributed by atoms with Crippen molar-refractivity contribution in [3.8, 4) is 5.75 Å². The molecular formula is C24H44O2. The Morgan fingerprint density at radius 2 is 1.50 bits per heavy atom. The molecule has 26 heavy (non-hydrogen) atoms. The van der Waals surface area contributed by atoms with E-state index in [1.54, 1.807) is 7.11 Å². The van der Waals surface area contributed by atoms with Crippen molar-refractivity contribution in [2.45, 2.75) is 92.9 Å². The minimum Gasteiger partial charge on any atom is -0.496 e. The molecule has 0 aliphatic rings. The molecule has 1 aromatic rings. The minimum absolute atomic E-state index is 0.452. The fourth-order valence-electron chi connectivity index (χ4n) is 2.99. The van der Waals surface area contributed by atoms with Gasteiger partial charge in [0.1, 0.15) is 5.75 Å². The standard InChI is InChI=1S/C12H18O.C12H26O/c1-4-5-6-11-8-7-10(2)12(9-11)13-3;1-5-9-10-13-11-12(6-2,7-3)8-4/h7-9H,4-6H2,1-3H3;5-11H2,1-4H3. The predicted octanol–water partition coefficient (Wildman–Crippen LogP) is 7.37. The van der Waals surface area contributed by atoms with Crippen LogP contribution in [-0.4, -0.2) is 20.3 Å². The Balaban J connectivity index is 0.000000481. The largest absolute Gasteiger partial charge is 0.496 e. The van der Waals surface area contributed by atoms with Crippen LogP contribution in [0.5, 0.6) is 5.75 Å². The van der Waals surface area contributed by atoms with Crippen LogP contribution in [0.25, 0.3) is 0 Å². The second-order valence-corrected chi connectivity index (χ2v) is 7.37. The van der Waals surface area contributed by atoms with Gasteiger partial charge in [-0.1, -0.05) is 59.6 Å². The van der Waals surface area contributed by atoms with Crippen LogP contribution in [0.15, 0.2) is 18.2 Å². The molecule has 0 radical (unpaired) electrons. The van der Waals surface area contributed by atoms with Crippen LogP contribution < -0.4 is 4.74 Å². The van der Waals surface area contributed by atoms with Gasteiger partial charge in [0.2, 0.25) is 0 Å². The van der Waals surface area contributed by atoms with Gasteiger partial charge in [0.25, 0.3) is 0 Å². The van der Waals surface area contributed by atoms with Crippen molar-refractivity contribution in [2.75, 3.05) is 20.3 Å². The van der Waals surface area contributed by atoms with E-state index in [2.05, 4.69) is 59.7 Å². The van der Waals surface area contributed by atoms with E-state index in [0.717, 1.165) is 25.4 Å². The molecule has 0 saturated carbocycles. The van der Waals surface area contributed by atoms with E-state index in [1.165, 1.54) is 56.1 Å². The van der Waals surface area contributed by atoms with Crippen LogP contribution in [0.1, 0.15) is 90.7 Å². The van der Waals surface area contributed by atoms with Crippen molar-refractivity contribution in [3.05, 3.63) is 29.3 Å². The Morgan fingerprint density at radius 3 is 2.00 bits per heavy atom. The highest BCUT2D eigenvalue weighted by atomic mass is 16.5. The van der Waals surface area contributed by atoms with Gasteiger partial charge in [0.05, 0.1) is 13.7 Å². The number of methoxy groups -OCH3 is 1. The van der Waals surface area contributed by atoms with Crippen LogP contribution in [0.2, 0.25) is 0 Å². The number of benzene rings is 1. The predicted molar refractivity (Wildman–Crippen MR) is 115 cm³/mol. The highest BCUT2D eigenvalue weighted by molar-refractivity contribution is 5.36. The molecule has 0 heterocycles. The third-order valence-electron chi connectivity index (χ3n) is 5.59. The number of hydrogen-bond acceptors (Lipinski definition) is 2. The SMILES string of the molecule is CCCCOCC(CC)(CC)CC.CCCCc1ccc(C)c(OC)c1. The van der Waals surface area contributed by atoms with E-state index in [-0.39, 0.29) is 0 Å². The third kappa shape index (κ3) is 9.62. The normalized spacial score (nSPS) is 11.0. The molecule has 0 atom stereocenters. The first-order valence-electron chi connectivity index (χ1n) is 10.7. The van der Waals surface area contributed by atoms with Crippen molar-refractivity contribution < 1.29 is 9.47 Å². The molecule has 0 fully saturated rings. The van der Waals surface area contributed by atoms with Gasteiger partial charge in [-0.05, 0) is 68.1 Å². The molecule has 0 saturated heterocycles. The molecule has 2 nitrogen and oxygen atoms in total. The van der Waals surface area contributed by atoms with E-state index in [1.807, 2.05) is 0 Å². The maximum atomic E-state index is 5.71. The Kier molecular flexibility index (Phi) is 14.5. The summed E-state index contributed by atoms with van der Waals surface area (Å²) in [6.07, 6.45) is 9.82. The zero-order chi connectivity index (χ0) is 19.8. The van der Waals surface area contributed by atoms with Crippen molar-refractivity contribution >= 4 is 0 Å². The van der Waals surface area contributed by atoms with E-state index in [0.29, 0.717) is 5.41 Å². The first-order valence-corrected chi connectivity index (χ1v) is 10.7. The van der Waals surface area contributed by atoms with Gasteiger partial charge in [-0.3, -0.25) is 0 Å². The van der Waals surface area contributed by atoms with Gasteiger partial charge in [0.15, 0.2) is 0 Å². The third-order valence-corrected chi connectivity index (χ3v) is 5.59. The van der Waals surface area contributed by atoms with Gasteiger partial charge < -0.3 is 9.47 Å². The van der Waals surface area contributed by atoms with Crippen molar-refractivity contribution in [2.24, 2.45) is 5.41 Å². The highest BCUT2D eigenvalue weighted by Crippen LogP contribution is 2.30. The Hall–Kier alpha value is -1.02. The van der Waals surface area contributed by atoms with E-state index in [4.69, 9.17) is 9.47 Å². The number of aryl methyl sites for hydroxylation is 2. The van der Waals surface area contributed by atoms with Crippen LogP contribution in [-0.2, 0) is 11.2 Å². The summed E-state index contributed by atoms with van der Waals surface area (Å²) >= 11 is 0.